The summed E-state index contributed by atoms with van der Waals surface area (Å²) in [6, 6.07) is 12.4. The molecular formula is C15H15ClO3. The largest absolute Gasteiger partial charge is 0.497 e. The van der Waals surface area contributed by atoms with Gasteiger partial charge in [-0.15, -0.1) is 0 Å². The number of benzene rings is 2. The SMILES string of the molecule is COc1cc(OC)cc(C(O)c2ccc(Cl)cc2)c1. The third kappa shape index (κ3) is 3.19. The van der Waals surface area contributed by atoms with Crippen molar-refractivity contribution >= 4 is 11.6 Å². The fourth-order valence-electron chi connectivity index (χ4n) is 1.82. The molecule has 2 aromatic rings. The van der Waals surface area contributed by atoms with Gasteiger partial charge in [0.2, 0.25) is 0 Å². The fraction of sp³-hybridized carbons (Fsp3) is 0.200. The molecule has 2 rings (SSSR count). The number of hydrogen-bond donors (Lipinski definition) is 1. The quantitative estimate of drug-likeness (QED) is 0.931. The van der Waals surface area contributed by atoms with Gasteiger partial charge in [0.15, 0.2) is 0 Å². The van der Waals surface area contributed by atoms with Crippen molar-refractivity contribution in [2.45, 2.75) is 6.10 Å². The van der Waals surface area contributed by atoms with Gasteiger partial charge in [-0.2, -0.15) is 0 Å². The first kappa shape index (κ1) is 13.7. The molecule has 2 aromatic carbocycles. The normalized spacial score (nSPS) is 12.0. The number of halogens is 1. The van der Waals surface area contributed by atoms with E-state index in [0.717, 1.165) is 5.56 Å². The van der Waals surface area contributed by atoms with E-state index < -0.39 is 6.10 Å². The van der Waals surface area contributed by atoms with Gasteiger partial charge in [-0.05, 0) is 35.4 Å². The van der Waals surface area contributed by atoms with Crippen LogP contribution in [0.3, 0.4) is 0 Å². The molecule has 1 N–H and O–H groups in total. The Bertz CT molecular complexity index is 530. The van der Waals surface area contributed by atoms with Crippen molar-refractivity contribution in [2.24, 2.45) is 0 Å². The van der Waals surface area contributed by atoms with Gasteiger partial charge in [0, 0.05) is 11.1 Å². The van der Waals surface area contributed by atoms with Gasteiger partial charge >= 0.3 is 0 Å². The van der Waals surface area contributed by atoms with Gasteiger partial charge in [0.05, 0.1) is 14.2 Å². The summed E-state index contributed by atoms with van der Waals surface area (Å²) in [5.41, 5.74) is 1.47. The second-order valence-corrected chi connectivity index (χ2v) is 4.54. The molecule has 3 nitrogen and oxygen atoms in total. The Balaban J connectivity index is 2.37. The van der Waals surface area contributed by atoms with Crippen molar-refractivity contribution in [3.05, 3.63) is 58.6 Å². The van der Waals surface area contributed by atoms with Crippen LogP contribution in [-0.2, 0) is 0 Å². The highest BCUT2D eigenvalue weighted by Gasteiger charge is 2.13. The maximum Gasteiger partial charge on any atom is 0.122 e. The molecule has 0 aliphatic rings. The summed E-state index contributed by atoms with van der Waals surface area (Å²) in [5.74, 6) is 1.28. The van der Waals surface area contributed by atoms with Crippen LogP contribution in [0.1, 0.15) is 17.2 Å². The lowest BCUT2D eigenvalue weighted by molar-refractivity contribution is 0.219. The highest BCUT2D eigenvalue weighted by Crippen LogP contribution is 2.30. The molecule has 100 valence electrons. The van der Waals surface area contributed by atoms with Crippen LogP contribution in [0.25, 0.3) is 0 Å². The number of methoxy groups -OCH3 is 2. The van der Waals surface area contributed by atoms with E-state index in [1.165, 1.54) is 0 Å². The number of aliphatic hydroxyl groups is 1. The molecule has 1 unspecified atom stereocenters. The predicted molar refractivity (Wildman–Crippen MR) is 75.1 cm³/mol. The molecule has 0 amide bonds. The summed E-state index contributed by atoms with van der Waals surface area (Å²) in [4.78, 5) is 0. The summed E-state index contributed by atoms with van der Waals surface area (Å²) in [5, 5.41) is 11.0. The van der Waals surface area contributed by atoms with Crippen molar-refractivity contribution in [3.63, 3.8) is 0 Å². The molecule has 0 bridgehead atoms. The molecule has 0 radical (unpaired) electrons. The summed E-state index contributed by atoms with van der Waals surface area (Å²) in [6.45, 7) is 0. The van der Waals surface area contributed by atoms with Crippen molar-refractivity contribution in [1.29, 1.82) is 0 Å². The topological polar surface area (TPSA) is 38.7 Å². The lowest BCUT2D eigenvalue weighted by Gasteiger charge is -2.14. The Morgan fingerprint density at radius 1 is 0.895 bits per heavy atom. The van der Waals surface area contributed by atoms with Gasteiger partial charge in [-0.1, -0.05) is 23.7 Å². The Hall–Kier alpha value is -1.71. The molecule has 1 atom stereocenters. The second-order valence-electron chi connectivity index (χ2n) is 4.10. The first-order valence-electron chi connectivity index (χ1n) is 5.80. The monoisotopic (exact) mass is 278 g/mol. The lowest BCUT2D eigenvalue weighted by Crippen LogP contribution is -2.00. The molecule has 4 heteroatoms. The standard InChI is InChI=1S/C15H15ClO3/c1-18-13-7-11(8-14(9-13)19-2)15(17)10-3-5-12(16)6-4-10/h3-9,15,17H,1-2H3. The molecule has 0 spiro atoms. The Morgan fingerprint density at radius 2 is 1.42 bits per heavy atom. The fourth-order valence-corrected chi connectivity index (χ4v) is 1.95. The van der Waals surface area contributed by atoms with E-state index in [1.54, 1.807) is 56.7 Å². The van der Waals surface area contributed by atoms with Crippen LogP contribution >= 0.6 is 11.6 Å². The molecule has 0 aliphatic carbocycles. The number of ether oxygens (including phenoxy) is 2. The minimum atomic E-state index is -0.749. The Kier molecular flexibility index (Phi) is 4.30. The van der Waals surface area contributed by atoms with E-state index in [2.05, 4.69) is 0 Å². The second kappa shape index (κ2) is 5.95. The highest BCUT2D eigenvalue weighted by molar-refractivity contribution is 6.30. The van der Waals surface area contributed by atoms with Gasteiger partial charge in [0.1, 0.15) is 17.6 Å². The first-order valence-corrected chi connectivity index (χ1v) is 6.18. The first-order chi connectivity index (χ1) is 9.13. The average molecular weight is 279 g/mol. The molecule has 0 fully saturated rings. The molecule has 0 aromatic heterocycles. The van der Waals surface area contributed by atoms with Crippen LogP contribution in [0, 0.1) is 0 Å². The molecule has 0 saturated carbocycles. The highest BCUT2D eigenvalue weighted by atomic mass is 35.5. The average Bonchev–Trinajstić information content (AvgIpc) is 2.46. The Labute approximate surface area is 117 Å². The summed E-state index contributed by atoms with van der Waals surface area (Å²) in [6.07, 6.45) is -0.749. The summed E-state index contributed by atoms with van der Waals surface area (Å²) < 4.78 is 10.4. The molecule has 0 saturated heterocycles. The van der Waals surface area contributed by atoms with Gasteiger partial charge in [0.25, 0.3) is 0 Å². The molecular weight excluding hydrogens is 264 g/mol. The number of aliphatic hydroxyl groups excluding tert-OH is 1. The van der Waals surface area contributed by atoms with Crippen molar-refractivity contribution in [3.8, 4) is 11.5 Å². The van der Waals surface area contributed by atoms with Crippen LogP contribution in [0.5, 0.6) is 11.5 Å². The van der Waals surface area contributed by atoms with Gasteiger partial charge < -0.3 is 14.6 Å². The number of hydrogen-bond acceptors (Lipinski definition) is 3. The van der Waals surface area contributed by atoms with E-state index in [4.69, 9.17) is 21.1 Å². The van der Waals surface area contributed by atoms with E-state index in [9.17, 15) is 5.11 Å². The number of rotatable bonds is 4. The zero-order valence-electron chi connectivity index (χ0n) is 10.8. The van der Waals surface area contributed by atoms with Crippen LogP contribution in [0.4, 0.5) is 0 Å². The van der Waals surface area contributed by atoms with E-state index in [0.29, 0.717) is 22.1 Å². The lowest BCUT2D eigenvalue weighted by atomic mass is 10.0. The van der Waals surface area contributed by atoms with Crippen molar-refractivity contribution < 1.29 is 14.6 Å². The Morgan fingerprint density at radius 3 is 1.89 bits per heavy atom. The minimum Gasteiger partial charge on any atom is -0.497 e. The van der Waals surface area contributed by atoms with E-state index in [1.807, 2.05) is 0 Å². The van der Waals surface area contributed by atoms with E-state index in [-0.39, 0.29) is 0 Å². The van der Waals surface area contributed by atoms with Crippen molar-refractivity contribution in [2.75, 3.05) is 14.2 Å². The third-order valence-electron chi connectivity index (χ3n) is 2.88. The molecule has 0 aliphatic heterocycles. The predicted octanol–water partition coefficient (Wildman–Crippen LogP) is 3.44. The maximum absolute atomic E-state index is 10.4. The van der Waals surface area contributed by atoms with Gasteiger partial charge in [-0.3, -0.25) is 0 Å². The van der Waals surface area contributed by atoms with Crippen LogP contribution in [0.15, 0.2) is 42.5 Å². The smallest absolute Gasteiger partial charge is 0.122 e. The van der Waals surface area contributed by atoms with Crippen LogP contribution in [-0.4, -0.2) is 19.3 Å². The zero-order chi connectivity index (χ0) is 13.8. The van der Waals surface area contributed by atoms with Crippen molar-refractivity contribution in [1.82, 2.24) is 0 Å². The zero-order valence-corrected chi connectivity index (χ0v) is 11.5. The summed E-state index contributed by atoms with van der Waals surface area (Å²) >= 11 is 5.84. The summed E-state index contributed by atoms with van der Waals surface area (Å²) in [7, 11) is 3.15. The minimum absolute atomic E-state index is 0.638. The van der Waals surface area contributed by atoms with E-state index >= 15 is 0 Å². The van der Waals surface area contributed by atoms with Crippen LogP contribution < -0.4 is 9.47 Å². The third-order valence-corrected chi connectivity index (χ3v) is 3.13. The maximum atomic E-state index is 10.4. The molecule has 0 heterocycles. The van der Waals surface area contributed by atoms with Gasteiger partial charge in [-0.25, -0.2) is 0 Å². The van der Waals surface area contributed by atoms with Crippen LogP contribution in [0.2, 0.25) is 5.02 Å². The molecule has 19 heavy (non-hydrogen) atoms.